The topological polar surface area (TPSA) is 32.3 Å². The number of fused-ring (bicyclic) bond motifs is 1. The molecule has 4 rings (SSSR count). The van der Waals surface area contributed by atoms with Gasteiger partial charge in [-0.25, -0.2) is 4.39 Å². The largest absolute Gasteiger partial charge is 0.371 e. The fraction of sp³-hybridized carbons (Fsp3) is 0.350. The standard InChI is InChI=1S/C20H21FN2O/c1-2-23-12-9-14-3-8-17(13-18(14)23)22-19(24)20(10-11-20)15-4-6-16(21)7-5-15/h3-8,13H,2,9-12H2,1H3,(H,22,24). The molecule has 4 heteroatoms. The van der Waals surface area contributed by atoms with Gasteiger partial charge in [0.15, 0.2) is 0 Å². The molecule has 0 saturated heterocycles. The maximum atomic E-state index is 13.1. The molecular formula is C20H21FN2O. The Hall–Kier alpha value is -2.36. The molecule has 1 aliphatic carbocycles. The van der Waals surface area contributed by atoms with Gasteiger partial charge in [0, 0.05) is 24.5 Å². The fourth-order valence-electron chi connectivity index (χ4n) is 3.64. The number of halogens is 1. The SMILES string of the molecule is CCN1CCc2ccc(NC(=O)C3(c4ccc(F)cc4)CC3)cc21. The van der Waals surface area contributed by atoms with Crippen LogP contribution in [-0.2, 0) is 16.6 Å². The van der Waals surface area contributed by atoms with Gasteiger partial charge in [0.2, 0.25) is 5.91 Å². The van der Waals surface area contributed by atoms with Gasteiger partial charge in [0.05, 0.1) is 5.41 Å². The minimum absolute atomic E-state index is 0.00936. The summed E-state index contributed by atoms with van der Waals surface area (Å²) in [7, 11) is 0. The van der Waals surface area contributed by atoms with Gasteiger partial charge in [0.1, 0.15) is 5.82 Å². The second-order valence-corrected chi connectivity index (χ2v) is 6.72. The van der Waals surface area contributed by atoms with E-state index in [2.05, 4.69) is 29.3 Å². The van der Waals surface area contributed by atoms with E-state index in [1.54, 1.807) is 12.1 Å². The highest BCUT2D eigenvalue weighted by Gasteiger charge is 2.51. The Labute approximate surface area is 141 Å². The molecule has 1 saturated carbocycles. The summed E-state index contributed by atoms with van der Waals surface area (Å²) >= 11 is 0. The van der Waals surface area contributed by atoms with Crippen molar-refractivity contribution in [3.8, 4) is 0 Å². The molecule has 1 heterocycles. The molecule has 3 nitrogen and oxygen atoms in total. The molecule has 2 aromatic carbocycles. The van der Waals surface area contributed by atoms with Crippen molar-refractivity contribution in [1.29, 1.82) is 0 Å². The summed E-state index contributed by atoms with van der Waals surface area (Å²) in [5.41, 5.74) is 3.82. The molecule has 124 valence electrons. The molecule has 0 unspecified atom stereocenters. The van der Waals surface area contributed by atoms with Crippen molar-refractivity contribution in [3.05, 3.63) is 59.4 Å². The van der Waals surface area contributed by atoms with Gasteiger partial charge in [-0.2, -0.15) is 0 Å². The maximum absolute atomic E-state index is 13.1. The summed E-state index contributed by atoms with van der Waals surface area (Å²) in [4.78, 5) is 15.1. The van der Waals surface area contributed by atoms with Gasteiger partial charge < -0.3 is 10.2 Å². The van der Waals surface area contributed by atoms with Crippen LogP contribution in [0.4, 0.5) is 15.8 Å². The third-order valence-electron chi connectivity index (χ3n) is 5.30. The van der Waals surface area contributed by atoms with Crippen molar-refractivity contribution < 1.29 is 9.18 Å². The van der Waals surface area contributed by atoms with E-state index in [1.165, 1.54) is 23.4 Å². The van der Waals surface area contributed by atoms with Crippen LogP contribution in [0.25, 0.3) is 0 Å². The van der Waals surface area contributed by atoms with Crippen molar-refractivity contribution in [2.45, 2.75) is 31.6 Å². The zero-order valence-corrected chi connectivity index (χ0v) is 13.8. The summed E-state index contributed by atoms with van der Waals surface area (Å²) in [6.07, 6.45) is 2.70. The lowest BCUT2D eigenvalue weighted by Crippen LogP contribution is -2.28. The molecule has 2 aliphatic rings. The highest BCUT2D eigenvalue weighted by molar-refractivity contribution is 6.01. The highest BCUT2D eigenvalue weighted by Crippen LogP contribution is 2.49. The summed E-state index contributed by atoms with van der Waals surface area (Å²) in [6, 6.07) is 12.5. The Morgan fingerprint density at radius 1 is 1.21 bits per heavy atom. The molecule has 0 atom stereocenters. The van der Waals surface area contributed by atoms with Crippen LogP contribution in [0.1, 0.15) is 30.9 Å². The molecule has 0 bridgehead atoms. The average Bonchev–Trinajstić information content (AvgIpc) is 3.30. The van der Waals surface area contributed by atoms with Crippen LogP contribution < -0.4 is 10.2 Å². The van der Waals surface area contributed by atoms with E-state index in [1.807, 2.05) is 6.07 Å². The first-order valence-electron chi connectivity index (χ1n) is 8.58. The van der Waals surface area contributed by atoms with Crippen molar-refractivity contribution in [2.24, 2.45) is 0 Å². The normalized spacial score (nSPS) is 17.5. The van der Waals surface area contributed by atoms with Crippen LogP contribution in [0.15, 0.2) is 42.5 Å². The summed E-state index contributed by atoms with van der Waals surface area (Å²) in [6.45, 7) is 4.17. The Balaban J connectivity index is 1.56. The number of likely N-dealkylation sites (N-methyl/N-ethyl adjacent to an activating group) is 1. The lowest BCUT2D eigenvalue weighted by atomic mass is 9.95. The first-order valence-corrected chi connectivity index (χ1v) is 8.58. The molecule has 1 aliphatic heterocycles. The molecule has 0 spiro atoms. The molecule has 2 aromatic rings. The second-order valence-electron chi connectivity index (χ2n) is 6.72. The van der Waals surface area contributed by atoms with Crippen LogP contribution in [0.5, 0.6) is 0 Å². The summed E-state index contributed by atoms with van der Waals surface area (Å²) < 4.78 is 13.1. The number of benzene rings is 2. The number of carbonyl (C=O) groups is 1. The molecule has 24 heavy (non-hydrogen) atoms. The quantitative estimate of drug-likeness (QED) is 0.926. The Morgan fingerprint density at radius 3 is 2.62 bits per heavy atom. The van der Waals surface area contributed by atoms with E-state index in [0.717, 1.165) is 43.6 Å². The highest BCUT2D eigenvalue weighted by atomic mass is 19.1. The lowest BCUT2D eigenvalue weighted by molar-refractivity contribution is -0.118. The predicted octanol–water partition coefficient (Wildman–Crippen LogP) is 3.88. The number of nitrogens with zero attached hydrogens (tertiary/aromatic N) is 1. The van der Waals surface area contributed by atoms with Gasteiger partial charge in [-0.15, -0.1) is 0 Å². The molecule has 1 N–H and O–H groups in total. The number of nitrogens with one attached hydrogen (secondary N) is 1. The molecule has 0 radical (unpaired) electrons. The van der Waals surface area contributed by atoms with Crippen molar-refractivity contribution >= 4 is 17.3 Å². The summed E-state index contributed by atoms with van der Waals surface area (Å²) in [5.74, 6) is -0.261. The Morgan fingerprint density at radius 2 is 1.96 bits per heavy atom. The van der Waals surface area contributed by atoms with Crippen LogP contribution in [0.2, 0.25) is 0 Å². The lowest BCUT2D eigenvalue weighted by Gasteiger charge is -2.19. The fourth-order valence-corrected chi connectivity index (χ4v) is 3.64. The summed E-state index contributed by atoms with van der Waals surface area (Å²) in [5, 5.41) is 3.07. The minimum atomic E-state index is -0.489. The number of amides is 1. The number of carbonyl (C=O) groups excluding carboxylic acids is 1. The van der Waals surface area contributed by atoms with Crippen molar-refractivity contribution in [3.63, 3.8) is 0 Å². The zero-order valence-electron chi connectivity index (χ0n) is 13.8. The number of hydrogen-bond donors (Lipinski definition) is 1. The number of rotatable bonds is 4. The smallest absolute Gasteiger partial charge is 0.235 e. The van der Waals surface area contributed by atoms with E-state index in [4.69, 9.17) is 0 Å². The van der Waals surface area contributed by atoms with Crippen molar-refractivity contribution in [2.75, 3.05) is 23.3 Å². The van der Waals surface area contributed by atoms with Crippen LogP contribution in [-0.4, -0.2) is 19.0 Å². The molecule has 1 amide bonds. The van der Waals surface area contributed by atoms with Crippen LogP contribution in [0, 0.1) is 5.82 Å². The van der Waals surface area contributed by atoms with E-state index in [0.29, 0.717) is 0 Å². The van der Waals surface area contributed by atoms with Crippen LogP contribution in [0.3, 0.4) is 0 Å². The van der Waals surface area contributed by atoms with Gasteiger partial charge in [-0.3, -0.25) is 4.79 Å². The monoisotopic (exact) mass is 324 g/mol. The van der Waals surface area contributed by atoms with Gasteiger partial charge in [-0.05, 0) is 61.6 Å². The number of hydrogen-bond acceptors (Lipinski definition) is 2. The Kier molecular flexibility index (Phi) is 3.56. The number of anilines is 2. The zero-order chi connectivity index (χ0) is 16.7. The van der Waals surface area contributed by atoms with E-state index < -0.39 is 5.41 Å². The maximum Gasteiger partial charge on any atom is 0.235 e. The predicted molar refractivity (Wildman–Crippen MR) is 94.0 cm³/mol. The van der Waals surface area contributed by atoms with Crippen LogP contribution >= 0.6 is 0 Å². The van der Waals surface area contributed by atoms with E-state index >= 15 is 0 Å². The third-order valence-corrected chi connectivity index (χ3v) is 5.30. The van der Waals surface area contributed by atoms with Gasteiger partial charge >= 0.3 is 0 Å². The molecular weight excluding hydrogens is 303 g/mol. The van der Waals surface area contributed by atoms with Crippen molar-refractivity contribution in [1.82, 2.24) is 0 Å². The van der Waals surface area contributed by atoms with Gasteiger partial charge in [-0.1, -0.05) is 18.2 Å². The second kappa shape index (κ2) is 5.62. The molecule has 1 fully saturated rings. The van der Waals surface area contributed by atoms with E-state index in [-0.39, 0.29) is 11.7 Å². The average molecular weight is 324 g/mol. The van der Waals surface area contributed by atoms with E-state index in [9.17, 15) is 9.18 Å². The first kappa shape index (κ1) is 15.2. The Bertz CT molecular complexity index is 781. The minimum Gasteiger partial charge on any atom is -0.371 e. The van der Waals surface area contributed by atoms with Gasteiger partial charge in [0.25, 0.3) is 0 Å². The first-order chi connectivity index (χ1) is 11.6. The molecule has 0 aromatic heterocycles. The third kappa shape index (κ3) is 2.46.